The maximum Gasteiger partial charge on any atom is 0.0823 e. The maximum atomic E-state index is 10.5. The first kappa shape index (κ1) is 10.6. The van der Waals surface area contributed by atoms with Crippen molar-refractivity contribution in [3.05, 3.63) is 48.0 Å². The second-order valence-corrected chi connectivity index (χ2v) is 5.89. The summed E-state index contributed by atoms with van der Waals surface area (Å²) in [6, 6.07) is 14.8. The monoisotopic (exact) mass is 238 g/mol. The number of benzene rings is 2. The van der Waals surface area contributed by atoms with E-state index in [1.165, 1.54) is 30.0 Å². The second-order valence-electron chi connectivity index (χ2n) is 5.89. The van der Waals surface area contributed by atoms with Gasteiger partial charge in [-0.3, -0.25) is 0 Å². The Morgan fingerprint density at radius 3 is 2.44 bits per heavy atom. The lowest BCUT2D eigenvalue weighted by molar-refractivity contribution is 0.137. The third kappa shape index (κ3) is 1.50. The first-order chi connectivity index (χ1) is 8.84. The van der Waals surface area contributed by atoms with Gasteiger partial charge in [0.05, 0.1) is 6.10 Å². The summed E-state index contributed by atoms with van der Waals surface area (Å²) in [5.41, 5.74) is 1.10. The summed E-state index contributed by atoms with van der Waals surface area (Å²) in [6.07, 6.45) is 3.79. The van der Waals surface area contributed by atoms with E-state index in [0.717, 1.165) is 17.4 Å². The van der Waals surface area contributed by atoms with Gasteiger partial charge < -0.3 is 5.11 Å². The molecule has 0 amide bonds. The van der Waals surface area contributed by atoms with Crippen LogP contribution >= 0.6 is 0 Å². The van der Waals surface area contributed by atoms with Crippen LogP contribution in [-0.2, 0) is 0 Å². The van der Waals surface area contributed by atoms with Crippen molar-refractivity contribution in [2.24, 2.45) is 17.8 Å². The van der Waals surface area contributed by atoms with Crippen LogP contribution in [0.25, 0.3) is 10.8 Å². The number of hydrogen-bond acceptors (Lipinski definition) is 1. The standard InChI is InChI=1S/C17H18O/c18-17(16-14-6-3-7-15(14)16)13-9-8-11-4-1-2-5-12(11)10-13/h1-2,4-5,8-10,14-18H,3,6-7H2. The second kappa shape index (κ2) is 3.83. The van der Waals surface area contributed by atoms with Gasteiger partial charge in [0.1, 0.15) is 0 Å². The molecule has 2 fully saturated rings. The summed E-state index contributed by atoms with van der Waals surface area (Å²) in [4.78, 5) is 0. The average Bonchev–Trinajstić information content (AvgIpc) is 2.90. The Balaban J connectivity index is 1.66. The van der Waals surface area contributed by atoms with Crippen molar-refractivity contribution < 1.29 is 5.11 Å². The molecule has 1 nitrogen and oxygen atoms in total. The molecule has 0 aromatic heterocycles. The summed E-state index contributed by atoms with van der Waals surface area (Å²) in [5, 5.41) is 13.0. The van der Waals surface area contributed by atoms with Gasteiger partial charge in [0.2, 0.25) is 0 Å². The van der Waals surface area contributed by atoms with E-state index >= 15 is 0 Å². The molecule has 0 spiro atoms. The lowest BCUT2D eigenvalue weighted by Gasteiger charge is -2.13. The lowest BCUT2D eigenvalue weighted by Crippen LogP contribution is -2.04. The van der Waals surface area contributed by atoms with Crippen molar-refractivity contribution in [1.29, 1.82) is 0 Å². The van der Waals surface area contributed by atoms with Gasteiger partial charge >= 0.3 is 0 Å². The Bertz CT molecular complexity index is 579. The van der Waals surface area contributed by atoms with E-state index in [-0.39, 0.29) is 6.10 Å². The van der Waals surface area contributed by atoms with Gasteiger partial charge in [-0.2, -0.15) is 0 Å². The van der Waals surface area contributed by atoms with E-state index in [4.69, 9.17) is 0 Å². The van der Waals surface area contributed by atoms with Crippen LogP contribution in [0.4, 0.5) is 0 Å². The Morgan fingerprint density at radius 2 is 1.67 bits per heavy atom. The first-order valence-electron chi connectivity index (χ1n) is 7.01. The highest BCUT2D eigenvalue weighted by molar-refractivity contribution is 5.83. The zero-order valence-corrected chi connectivity index (χ0v) is 10.4. The highest BCUT2D eigenvalue weighted by Gasteiger charge is 2.55. The van der Waals surface area contributed by atoms with E-state index in [0.29, 0.717) is 5.92 Å². The third-order valence-corrected chi connectivity index (χ3v) is 4.95. The van der Waals surface area contributed by atoms with Crippen LogP contribution < -0.4 is 0 Å². The van der Waals surface area contributed by atoms with Crippen molar-refractivity contribution >= 4 is 10.8 Å². The molecule has 0 saturated heterocycles. The van der Waals surface area contributed by atoms with Gasteiger partial charge in [0.15, 0.2) is 0 Å². The average molecular weight is 238 g/mol. The number of hydrogen-bond donors (Lipinski definition) is 1. The molecule has 0 bridgehead atoms. The maximum absolute atomic E-state index is 10.5. The molecule has 3 atom stereocenters. The first-order valence-corrected chi connectivity index (χ1v) is 7.01. The van der Waals surface area contributed by atoms with Gasteiger partial charge in [-0.05, 0) is 53.0 Å². The van der Waals surface area contributed by atoms with Crippen molar-refractivity contribution in [1.82, 2.24) is 0 Å². The molecule has 2 saturated carbocycles. The predicted octanol–water partition coefficient (Wildman–Crippen LogP) is 3.92. The molecule has 4 rings (SSSR count). The van der Waals surface area contributed by atoms with Crippen LogP contribution in [0.5, 0.6) is 0 Å². The Kier molecular flexibility index (Phi) is 2.25. The minimum atomic E-state index is -0.245. The van der Waals surface area contributed by atoms with Gasteiger partial charge in [-0.1, -0.05) is 42.8 Å². The molecule has 0 heterocycles. The highest BCUT2D eigenvalue weighted by Crippen LogP contribution is 2.62. The van der Waals surface area contributed by atoms with E-state index in [1.54, 1.807) is 0 Å². The lowest BCUT2D eigenvalue weighted by atomic mass is 9.97. The van der Waals surface area contributed by atoms with Crippen LogP contribution in [0.3, 0.4) is 0 Å². The SMILES string of the molecule is OC(c1ccc2ccccc2c1)C1C2CCCC21. The quantitative estimate of drug-likeness (QED) is 0.840. The van der Waals surface area contributed by atoms with Gasteiger partial charge in [0, 0.05) is 0 Å². The molecule has 1 N–H and O–H groups in total. The predicted molar refractivity (Wildman–Crippen MR) is 73.2 cm³/mol. The van der Waals surface area contributed by atoms with Crippen LogP contribution in [0.15, 0.2) is 42.5 Å². The van der Waals surface area contributed by atoms with Crippen molar-refractivity contribution in [3.8, 4) is 0 Å². The molecule has 3 unspecified atom stereocenters. The molecule has 2 aliphatic carbocycles. The van der Waals surface area contributed by atoms with Gasteiger partial charge in [-0.15, -0.1) is 0 Å². The Hall–Kier alpha value is -1.34. The molecule has 0 aliphatic heterocycles. The zero-order chi connectivity index (χ0) is 12.1. The van der Waals surface area contributed by atoms with Crippen LogP contribution in [0.2, 0.25) is 0 Å². The zero-order valence-electron chi connectivity index (χ0n) is 10.4. The fourth-order valence-electron chi connectivity index (χ4n) is 3.96. The molecule has 0 radical (unpaired) electrons. The van der Waals surface area contributed by atoms with Crippen LogP contribution in [0.1, 0.15) is 30.9 Å². The largest absolute Gasteiger partial charge is 0.388 e. The van der Waals surface area contributed by atoms with Crippen LogP contribution in [0, 0.1) is 17.8 Å². The van der Waals surface area contributed by atoms with Crippen LogP contribution in [-0.4, -0.2) is 5.11 Å². The van der Waals surface area contributed by atoms with E-state index in [1.807, 2.05) is 0 Å². The van der Waals surface area contributed by atoms with E-state index < -0.39 is 0 Å². The van der Waals surface area contributed by atoms with E-state index in [2.05, 4.69) is 42.5 Å². The molecule has 1 heteroatoms. The summed E-state index contributed by atoms with van der Waals surface area (Å²) < 4.78 is 0. The molecule has 18 heavy (non-hydrogen) atoms. The van der Waals surface area contributed by atoms with Crippen molar-refractivity contribution in [2.45, 2.75) is 25.4 Å². The number of aliphatic hydroxyl groups is 1. The number of aliphatic hydroxyl groups excluding tert-OH is 1. The Labute approximate surface area is 107 Å². The topological polar surface area (TPSA) is 20.2 Å². The summed E-state index contributed by atoms with van der Waals surface area (Å²) in [7, 11) is 0. The molecular formula is C17H18O. The summed E-state index contributed by atoms with van der Waals surface area (Å²) >= 11 is 0. The molecule has 2 aromatic carbocycles. The van der Waals surface area contributed by atoms with Crippen molar-refractivity contribution in [2.75, 3.05) is 0 Å². The minimum absolute atomic E-state index is 0.245. The molecular weight excluding hydrogens is 220 g/mol. The molecule has 92 valence electrons. The molecule has 2 aliphatic rings. The van der Waals surface area contributed by atoms with E-state index in [9.17, 15) is 5.11 Å². The fraction of sp³-hybridized carbons (Fsp3) is 0.412. The third-order valence-electron chi connectivity index (χ3n) is 4.95. The smallest absolute Gasteiger partial charge is 0.0823 e. The minimum Gasteiger partial charge on any atom is -0.388 e. The van der Waals surface area contributed by atoms with Gasteiger partial charge in [0.25, 0.3) is 0 Å². The number of rotatable bonds is 2. The highest BCUT2D eigenvalue weighted by atomic mass is 16.3. The summed E-state index contributed by atoms with van der Waals surface area (Å²) in [6.45, 7) is 0. The van der Waals surface area contributed by atoms with Crippen molar-refractivity contribution in [3.63, 3.8) is 0 Å². The van der Waals surface area contributed by atoms with Gasteiger partial charge in [-0.25, -0.2) is 0 Å². The summed E-state index contributed by atoms with van der Waals surface area (Å²) in [5.74, 6) is 2.16. The number of fused-ring (bicyclic) bond motifs is 2. The Morgan fingerprint density at radius 1 is 0.944 bits per heavy atom. The molecule has 2 aromatic rings. The fourth-order valence-corrected chi connectivity index (χ4v) is 3.96. The normalized spacial score (nSPS) is 31.3.